The van der Waals surface area contributed by atoms with E-state index in [9.17, 15) is 4.79 Å². The molecule has 1 amide bonds. The van der Waals surface area contributed by atoms with Crippen molar-refractivity contribution in [3.63, 3.8) is 0 Å². The molecule has 132 valence electrons. The fourth-order valence-corrected chi connectivity index (χ4v) is 3.76. The highest BCUT2D eigenvalue weighted by Crippen LogP contribution is 2.31. The summed E-state index contributed by atoms with van der Waals surface area (Å²) in [5.74, 6) is 0.00584. The number of nitrogens with one attached hydrogen (secondary N) is 1. The monoisotopic (exact) mass is 376 g/mol. The van der Waals surface area contributed by atoms with Crippen LogP contribution in [0.4, 0.5) is 5.69 Å². The molecule has 0 saturated carbocycles. The quantitative estimate of drug-likeness (QED) is 0.799. The number of para-hydroxylation sites is 1. The Balaban J connectivity index is 1.54. The van der Waals surface area contributed by atoms with Crippen LogP contribution >= 0.6 is 23.2 Å². The van der Waals surface area contributed by atoms with E-state index in [2.05, 4.69) is 41.4 Å². The Bertz CT molecular complexity index is 735. The van der Waals surface area contributed by atoms with E-state index in [1.54, 1.807) is 18.2 Å². The van der Waals surface area contributed by atoms with Gasteiger partial charge in [-0.05, 0) is 50.6 Å². The van der Waals surface area contributed by atoms with Crippen LogP contribution in [0.25, 0.3) is 0 Å². The van der Waals surface area contributed by atoms with E-state index in [4.69, 9.17) is 23.2 Å². The molecule has 0 spiro atoms. The van der Waals surface area contributed by atoms with Crippen molar-refractivity contribution in [3.05, 3.63) is 63.6 Å². The standard InChI is InChI=1S/C20H22Cl2N2O/c1-14-4-2-5-15(12-14)13-24-10-8-16(9-11-24)20(25)23-19-17(21)6-3-7-18(19)22/h2-7,12,16H,8-11,13H2,1H3,(H,23,25). The molecule has 0 aromatic heterocycles. The molecule has 0 aliphatic carbocycles. The average molecular weight is 377 g/mol. The number of anilines is 1. The number of halogens is 2. The summed E-state index contributed by atoms with van der Waals surface area (Å²) in [7, 11) is 0. The van der Waals surface area contributed by atoms with E-state index in [-0.39, 0.29) is 11.8 Å². The van der Waals surface area contributed by atoms with Crippen LogP contribution in [0.2, 0.25) is 10.0 Å². The van der Waals surface area contributed by atoms with Crippen molar-refractivity contribution in [1.29, 1.82) is 0 Å². The molecule has 2 aromatic rings. The topological polar surface area (TPSA) is 32.3 Å². The smallest absolute Gasteiger partial charge is 0.227 e. The number of hydrogen-bond acceptors (Lipinski definition) is 2. The molecule has 5 heteroatoms. The van der Waals surface area contributed by atoms with Crippen LogP contribution in [0.3, 0.4) is 0 Å². The van der Waals surface area contributed by atoms with Crippen LogP contribution in [-0.2, 0) is 11.3 Å². The number of hydrogen-bond donors (Lipinski definition) is 1. The van der Waals surface area contributed by atoms with Crippen LogP contribution in [0, 0.1) is 12.8 Å². The normalized spacial score (nSPS) is 16.0. The van der Waals surface area contributed by atoms with Crippen LogP contribution in [0.1, 0.15) is 24.0 Å². The maximum atomic E-state index is 12.5. The lowest BCUT2D eigenvalue weighted by molar-refractivity contribution is -0.121. The molecule has 0 bridgehead atoms. The summed E-state index contributed by atoms with van der Waals surface area (Å²) in [6.45, 7) is 4.89. The molecule has 0 unspecified atom stereocenters. The van der Waals surface area contributed by atoms with Gasteiger partial charge in [0.15, 0.2) is 0 Å². The first-order chi connectivity index (χ1) is 12.0. The van der Waals surface area contributed by atoms with Gasteiger partial charge in [-0.25, -0.2) is 0 Å². The fraction of sp³-hybridized carbons (Fsp3) is 0.350. The van der Waals surface area contributed by atoms with Crippen molar-refractivity contribution < 1.29 is 4.79 Å². The van der Waals surface area contributed by atoms with E-state index in [1.165, 1.54) is 11.1 Å². The first-order valence-corrected chi connectivity index (χ1v) is 9.31. The van der Waals surface area contributed by atoms with E-state index >= 15 is 0 Å². The Hall–Kier alpha value is -1.55. The van der Waals surface area contributed by atoms with Crippen molar-refractivity contribution in [3.8, 4) is 0 Å². The highest BCUT2D eigenvalue weighted by molar-refractivity contribution is 6.39. The summed E-state index contributed by atoms with van der Waals surface area (Å²) < 4.78 is 0. The lowest BCUT2D eigenvalue weighted by Gasteiger charge is -2.31. The molecule has 1 N–H and O–H groups in total. The summed E-state index contributed by atoms with van der Waals surface area (Å²) in [5.41, 5.74) is 3.12. The molecule has 1 fully saturated rings. The molecule has 3 rings (SSSR count). The van der Waals surface area contributed by atoms with E-state index in [1.807, 2.05) is 0 Å². The molecule has 0 atom stereocenters. The molecule has 25 heavy (non-hydrogen) atoms. The highest BCUT2D eigenvalue weighted by Gasteiger charge is 2.25. The van der Waals surface area contributed by atoms with Gasteiger partial charge in [-0.1, -0.05) is 59.1 Å². The van der Waals surface area contributed by atoms with E-state index < -0.39 is 0 Å². The van der Waals surface area contributed by atoms with Gasteiger partial charge in [0.25, 0.3) is 0 Å². The van der Waals surface area contributed by atoms with Crippen molar-refractivity contribution in [1.82, 2.24) is 4.90 Å². The predicted octanol–water partition coefficient (Wildman–Crippen LogP) is 5.15. The number of carbonyl (C=O) groups excluding carboxylic acids is 1. The number of aryl methyl sites for hydroxylation is 1. The third-order valence-electron chi connectivity index (χ3n) is 4.66. The first-order valence-electron chi connectivity index (χ1n) is 8.55. The number of benzene rings is 2. The second kappa shape index (κ2) is 8.22. The fourth-order valence-electron chi connectivity index (χ4n) is 3.26. The Kier molecular flexibility index (Phi) is 6.00. The van der Waals surface area contributed by atoms with Crippen LogP contribution in [0.5, 0.6) is 0 Å². The summed E-state index contributed by atoms with van der Waals surface area (Å²) >= 11 is 12.3. The van der Waals surface area contributed by atoms with Crippen LogP contribution in [-0.4, -0.2) is 23.9 Å². The molecule has 0 radical (unpaired) electrons. The Morgan fingerprint density at radius 1 is 1.12 bits per heavy atom. The minimum Gasteiger partial charge on any atom is -0.323 e. The maximum absolute atomic E-state index is 12.5. The third-order valence-corrected chi connectivity index (χ3v) is 5.29. The molecular weight excluding hydrogens is 355 g/mol. The van der Waals surface area contributed by atoms with Gasteiger partial charge in [0.05, 0.1) is 15.7 Å². The lowest BCUT2D eigenvalue weighted by Crippen LogP contribution is -2.37. The van der Waals surface area contributed by atoms with E-state index in [0.717, 1.165) is 32.5 Å². The van der Waals surface area contributed by atoms with Gasteiger partial charge >= 0.3 is 0 Å². The Morgan fingerprint density at radius 3 is 2.40 bits per heavy atom. The predicted molar refractivity (Wildman–Crippen MR) is 104 cm³/mol. The van der Waals surface area contributed by atoms with Gasteiger partial charge in [0.1, 0.15) is 0 Å². The van der Waals surface area contributed by atoms with Crippen LogP contribution < -0.4 is 5.32 Å². The summed E-state index contributed by atoms with van der Waals surface area (Å²) in [4.78, 5) is 14.9. The number of amides is 1. The third kappa shape index (κ3) is 4.75. The molecule has 2 aromatic carbocycles. The molecule has 3 nitrogen and oxygen atoms in total. The number of likely N-dealkylation sites (tertiary alicyclic amines) is 1. The molecule has 1 aliphatic heterocycles. The Morgan fingerprint density at radius 2 is 1.76 bits per heavy atom. The maximum Gasteiger partial charge on any atom is 0.227 e. The van der Waals surface area contributed by atoms with Crippen molar-refractivity contribution in [2.45, 2.75) is 26.3 Å². The van der Waals surface area contributed by atoms with E-state index in [0.29, 0.717) is 15.7 Å². The van der Waals surface area contributed by atoms with Crippen molar-refractivity contribution in [2.75, 3.05) is 18.4 Å². The summed E-state index contributed by atoms with van der Waals surface area (Å²) in [6.07, 6.45) is 1.69. The number of nitrogens with zero attached hydrogens (tertiary/aromatic N) is 1. The zero-order valence-corrected chi connectivity index (χ0v) is 15.8. The number of carbonyl (C=O) groups is 1. The van der Waals surface area contributed by atoms with Gasteiger partial charge in [0.2, 0.25) is 5.91 Å². The van der Waals surface area contributed by atoms with Gasteiger partial charge in [0, 0.05) is 12.5 Å². The van der Waals surface area contributed by atoms with Crippen LogP contribution in [0.15, 0.2) is 42.5 Å². The zero-order valence-electron chi connectivity index (χ0n) is 14.3. The lowest BCUT2D eigenvalue weighted by atomic mass is 9.95. The molecule has 1 saturated heterocycles. The second-order valence-corrected chi connectivity index (χ2v) is 7.44. The first kappa shape index (κ1) is 18.2. The molecule has 1 aliphatic rings. The largest absolute Gasteiger partial charge is 0.323 e. The van der Waals surface area contributed by atoms with Gasteiger partial charge < -0.3 is 5.32 Å². The minimum absolute atomic E-state index is 0.00102. The van der Waals surface area contributed by atoms with Gasteiger partial charge in [-0.3, -0.25) is 9.69 Å². The number of piperidine rings is 1. The zero-order chi connectivity index (χ0) is 17.8. The average Bonchev–Trinajstić information content (AvgIpc) is 2.59. The van der Waals surface area contributed by atoms with Gasteiger partial charge in [-0.15, -0.1) is 0 Å². The van der Waals surface area contributed by atoms with Gasteiger partial charge in [-0.2, -0.15) is 0 Å². The SMILES string of the molecule is Cc1cccc(CN2CCC(C(=O)Nc3c(Cl)cccc3Cl)CC2)c1. The summed E-state index contributed by atoms with van der Waals surface area (Å²) in [6, 6.07) is 13.8. The Labute approximate surface area is 158 Å². The highest BCUT2D eigenvalue weighted by atomic mass is 35.5. The second-order valence-electron chi connectivity index (χ2n) is 6.63. The molecule has 1 heterocycles. The minimum atomic E-state index is 0.00102. The number of rotatable bonds is 4. The molecular formula is C20H22Cl2N2O. The van der Waals surface area contributed by atoms with Crippen molar-refractivity contribution in [2.24, 2.45) is 5.92 Å². The summed E-state index contributed by atoms with van der Waals surface area (Å²) in [5, 5.41) is 3.84. The van der Waals surface area contributed by atoms with Crippen molar-refractivity contribution >= 4 is 34.8 Å².